The molecule has 0 fully saturated rings. The molecule has 0 saturated carbocycles. The molecule has 0 aliphatic carbocycles. The fraction of sp³-hybridized carbons (Fsp3) is 0.286. The monoisotopic (exact) mass is 457 g/mol. The second kappa shape index (κ2) is 9.88. The van der Waals surface area contributed by atoms with Crippen molar-refractivity contribution in [3.63, 3.8) is 0 Å². The van der Waals surface area contributed by atoms with E-state index in [0.717, 1.165) is 5.56 Å². The van der Waals surface area contributed by atoms with Crippen molar-refractivity contribution in [2.75, 3.05) is 10.6 Å². The number of nitriles is 1. The molecule has 34 heavy (non-hydrogen) atoms. The number of urea groups is 1. The van der Waals surface area contributed by atoms with Gasteiger partial charge in [0, 0.05) is 11.3 Å². The van der Waals surface area contributed by atoms with Gasteiger partial charge in [-0.25, -0.2) is 4.79 Å². The van der Waals surface area contributed by atoms with Crippen LogP contribution in [0.3, 0.4) is 0 Å². The summed E-state index contributed by atoms with van der Waals surface area (Å²) in [6, 6.07) is 21.5. The second-order valence-electron chi connectivity index (χ2n) is 9.99. The molecular weight excluding hydrogens is 426 g/mol. The lowest BCUT2D eigenvalue weighted by atomic mass is 9.86. The minimum Gasteiger partial charge on any atom is -0.488 e. The zero-order valence-corrected chi connectivity index (χ0v) is 20.5. The van der Waals surface area contributed by atoms with E-state index in [1.54, 1.807) is 42.5 Å². The van der Waals surface area contributed by atoms with Crippen molar-refractivity contribution < 1.29 is 14.3 Å². The van der Waals surface area contributed by atoms with Gasteiger partial charge in [0.1, 0.15) is 17.1 Å². The number of benzene rings is 3. The van der Waals surface area contributed by atoms with Gasteiger partial charge in [-0.05, 0) is 74.7 Å². The molecular formula is C28H31N3O3. The van der Waals surface area contributed by atoms with Crippen molar-refractivity contribution in [1.82, 2.24) is 0 Å². The fourth-order valence-corrected chi connectivity index (χ4v) is 3.32. The smallest absolute Gasteiger partial charge is 0.323 e. The number of para-hydroxylation sites is 1. The standard InChI is InChI=1S/C28H31N3O3/c1-27(2,3)22-9-7-8-10-24(22)33-25-16-11-19(18-29)17-23(25)31-26(32)30-20-12-14-21(15-13-20)34-28(4,5)6/h7-17H,1-6H3,(H2,30,31,32). The highest BCUT2D eigenvalue weighted by molar-refractivity contribution is 6.00. The highest BCUT2D eigenvalue weighted by atomic mass is 16.5. The Hall–Kier alpha value is -3.98. The van der Waals surface area contributed by atoms with Crippen LogP contribution in [-0.2, 0) is 5.41 Å². The molecule has 0 bridgehead atoms. The molecule has 0 aliphatic heterocycles. The molecule has 0 atom stereocenters. The third kappa shape index (κ3) is 6.76. The minimum absolute atomic E-state index is 0.128. The molecule has 0 spiro atoms. The highest BCUT2D eigenvalue weighted by Gasteiger charge is 2.20. The molecule has 6 heteroatoms. The quantitative estimate of drug-likeness (QED) is 0.416. The van der Waals surface area contributed by atoms with Gasteiger partial charge in [-0.3, -0.25) is 0 Å². The maximum absolute atomic E-state index is 12.7. The predicted octanol–water partition coefficient (Wildman–Crippen LogP) is 7.47. The zero-order chi connectivity index (χ0) is 24.9. The van der Waals surface area contributed by atoms with E-state index in [9.17, 15) is 10.1 Å². The van der Waals surface area contributed by atoms with Crippen molar-refractivity contribution in [3.8, 4) is 23.3 Å². The van der Waals surface area contributed by atoms with Gasteiger partial charge in [0.2, 0.25) is 0 Å². The molecule has 3 rings (SSSR count). The van der Waals surface area contributed by atoms with E-state index >= 15 is 0 Å². The van der Waals surface area contributed by atoms with Crippen LogP contribution < -0.4 is 20.1 Å². The molecule has 2 amide bonds. The average Bonchev–Trinajstić information content (AvgIpc) is 2.75. The molecule has 176 valence electrons. The molecule has 0 aliphatic rings. The summed E-state index contributed by atoms with van der Waals surface area (Å²) in [5, 5.41) is 14.9. The molecule has 0 heterocycles. The number of rotatable bonds is 5. The van der Waals surface area contributed by atoms with Crippen molar-refractivity contribution in [1.29, 1.82) is 5.26 Å². The van der Waals surface area contributed by atoms with Crippen LogP contribution in [-0.4, -0.2) is 11.6 Å². The Balaban J connectivity index is 1.80. The normalized spacial score (nSPS) is 11.3. The largest absolute Gasteiger partial charge is 0.488 e. The molecule has 6 nitrogen and oxygen atoms in total. The Labute approximate surface area is 201 Å². The van der Waals surface area contributed by atoms with Gasteiger partial charge in [-0.1, -0.05) is 39.0 Å². The third-order valence-electron chi connectivity index (χ3n) is 4.81. The summed E-state index contributed by atoms with van der Waals surface area (Å²) < 4.78 is 12.0. The molecule has 3 aromatic rings. The molecule has 0 saturated heterocycles. The molecule has 2 N–H and O–H groups in total. The summed E-state index contributed by atoms with van der Waals surface area (Å²) in [6.07, 6.45) is 0. The predicted molar refractivity (Wildman–Crippen MR) is 136 cm³/mol. The number of nitrogens with zero attached hydrogens (tertiary/aromatic N) is 1. The van der Waals surface area contributed by atoms with Crippen molar-refractivity contribution >= 4 is 17.4 Å². The fourth-order valence-electron chi connectivity index (χ4n) is 3.32. The van der Waals surface area contributed by atoms with Crippen LogP contribution in [0, 0.1) is 11.3 Å². The van der Waals surface area contributed by atoms with Crippen LogP contribution >= 0.6 is 0 Å². The first kappa shape index (κ1) is 24.7. The first-order chi connectivity index (χ1) is 15.9. The van der Waals surface area contributed by atoms with Gasteiger partial charge in [0.15, 0.2) is 5.75 Å². The summed E-state index contributed by atoms with van der Waals surface area (Å²) in [6.45, 7) is 12.2. The van der Waals surface area contributed by atoms with Crippen LogP contribution in [0.5, 0.6) is 17.2 Å². The molecule has 0 radical (unpaired) electrons. The topological polar surface area (TPSA) is 83.4 Å². The van der Waals surface area contributed by atoms with Crippen molar-refractivity contribution in [2.45, 2.75) is 52.6 Å². The third-order valence-corrected chi connectivity index (χ3v) is 4.81. The number of hydrogen-bond donors (Lipinski definition) is 2. The number of amides is 2. The summed E-state index contributed by atoms with van der Waals surface area (Å²) in [5.41, 5.74) is 2.02. The molecule has 0 unspecified atom stereocenters. The molecule has 0 aromatic heterocycles. The number of anilines is 2. The molecule has 3 aromatic carbocycles. The van der Waals surface area contributed by atoms with Crippen LogP contribution in [0.4, 0.5) is 16.2 Å². The summed E-state index contributed by atoms with van der Waals surface area (Å²) in [7, 11) is 0. The van der Waals surface area contributed by atoms with E-state index in [4.69, 9.17) is 9.47 Å². The lowest BCUT2D eigenvalue weighted by Crippen LogP contribution is -2.23. The van der Waals surface area contributed by atoms with Gasteiger partial charge < -0.3 is 20.1 Å². The van der Waals surface area contributed by atoms with Gasteiger partial charge in [0.05, 0.1) is 17.3 Å². The Morgan fingerprint density at radius 3 is 2.15 bits per heavy atom. The minimum atomic E-state index is -0.450. The van der Waals surface area contributed by atoms with Gasteiger partial charge in [-0.15, -0.1) is 0 Å². The maximum atomic E-state index is 12.7. The average molecular weight is 458 g/mol. The van der Waals surface area contributed by atoms with E-state index in [1.807, 2.05) is 45.0 Å². The number of hydrogen-bond acceptors (Lipinski definition) is 4. The van der Waals surface area contributed by atoms with E-state index < -0.39 is 6.03 Å². The lowest BCUT2D eigenvalue weighted by molar-refractivity contribution is 0.131. The van der Waals surface area contributed by atoms with Gasteiger partial charge >= 0.3 is 6.03 Å². The highest BCUT2D eigenvalue weighted by Crippen LogP contribution is 2.37. The van der Waals surface area contributed by atoms with Crippen LogP contribution in [0.25, 0.3) is 0 Å². The summed E-state index contributed by atoms with van der Waals surface area (Å²) >= 11 is 0. The van der Waals surface area contributed by atoms with Crippen LogP contribution in [0.2, 0.25) is 0 Å². The number of carbonyl (C=O) groups is 1. The maximum Gasteiger partial charge on any atom is 0.323 e. The SMILES string of the molecule is CC(C)(C)Oc1ccc(NC(=O)Nc2cc(C#N)ccc2Oc2ccccc2C(C)(C)C)cc1. The van der Waals surface area contributed by atoms with Gasteiger partial charge in [0.25, 0.3) is 0 Å². The van der Waals surface area contributed by atoms with E-state index in [2.05, 4.69) is 37.5 Å². The zero-order valence-electron chi connectivity index (χ0n) is 20.5. The summed E-state index contributed by atoms with van der Waals surface area (Å²) in [4.78, 5) is 12.7. The first-order valence-electron chi connectivity index (χ1n) is 11.1. The van der Waals surface area contributed by atoms with E-state index in [0.29, 0.717) is 34.2 Å². The lowest BCUT2D eigenvalue weighted by Gasteiger charge is -2.23. The Morgan fingerprint density at radius 1 is 0.853 bits per heavy atom. The van der Waals surface area contributed by atoms with Crippen LogP contribution in [0.15, 0.2) is 66.7 Å². The van der Waals surface area contributed by atoms with Gasteiger partial charge in [-0.2, -0.15) is 5.26 Å². The number of carbonyl (C=O) groups excluding carboxylic acids is 1. The Kier molecular flexibility index (Phi) is 7.17. The Bertz CT molecular complexity index is 1200. The first-order valence-corrected chi connectivity index (χ1v) is 11.1. The second-order valence-corrected chi connectivity index (χ2v) is 9.99. The Morgan fingerprint density at radius 2 is 1.53 bits per heavy atom. The van der Waals surface area contributed by atoms with E-state index in [1.165, 1.54) is 0 Å². The number of ether oxygens (including phenoxy) is 2. The van der Waals surface area contributed by atoms with Crippen molar-refractivity contribution in [3.05, 3.63) is 77.9 Å². The van der Waals surface area contributed by atoms with Crippen LogP contribution in [0.1, 0.15) is 52.7 Å². The van der Waals surface area contributed by atoms with Crippen molar-refractivity contribution in [2.24, 2.45) is 0 Å². The summed E-state index contributed by atoms with van der Waals surface area (Å²) in [5.74, 6) is 1.85. The number of nitrogens with one attached hydrogen (secondary N) is 2. The van der Waals surface area contributed by atoms with E-state index in [-0.39, 0.29) is 11.0 Å².